The van der Waals surface area contributed by atoms with E-state index < -0.39 is 0 Å². The molecule has 0 saturated heterocycles. The van der Waals surface area contributed by atoms with Crippen molar-refractivity contribution in [2.24, 2.45) is 5.73 Å². The second kappa shape index (κ2) is 2.59. The fourth-order valence-electron chi connectivity index (χ4n) is 1.91. The van der Waals surface area contributed by atoms with Crippen LogP contribution >= 0.6 is 0 Å². The summed E-state index contributed by atoms with van der Waals surface area (Å²) in [6.07, 6.45) is 3.51. The molecule has 3 nitrogen and oxygen atoms in total. The van der Waals surface area contributed by atoms with Gasteiger partial charge in [-0.25, -0.2) is 4.98 Å². The highest BCUT2D eigenvalue weighted by atomic mass is 15.2. The van der Waals surface area contributed by atoms with Crippen LogP contribution in [-0.4, -0.2) is 9.55 Å². The fourth-order valence-corrected chi connectivity index (χ4v) is 1.91. The van der Waals surface area contributed by atoms with Crippen LogP contribution in [-0.2, 0) is 6.42 Å². The second-order valence-electron chi connectivity index (χ2n) is 3.53. The SMILES string of the molecule is Cc1nc2n(c1C)C(N)CCC2. The average Bonchev–Trinajstić information content (AvgIpc) is 2.29. The van der Waals surface area contributed by atoms with Crippen LogP contribution in [0, 0.1) is 13.8 Å². The van der Waals surface area contributed by atoms with Crippen molar-refractivity contribution >= 4 is 0 Å². The topological polar surface area (TPSA) is 43.8 Å². The lowest BCUT2D eigenvalue weighted by Crippen LogP contribution is -2.25. The monoisotopic (exact) mass is 165 g/mol. The van der Waals surface area contributed by atoms with Gasteiger partial charge >= 0.3 is 0 Å². The Hall–Kier alpha value is -0.830. The Morgan fingerprint density at radius 1 is 1.50 bits per heavy atom. The quantitative estimate of drug-likeness (QED) is 0.629. The summed E-state index contributed by atoms with van der Waals surface area (Å²) < 4.78 is 2.18. The molecule has 0 amide bonds. The molecular formula is C9H15N3. The summed E-state index contributed by atoms with van der Waals surface area (Å²) in [4.78, 5) is 4.48. The largest absolute Gasteiger partial charge is 0.316 e. The van der Waals surface area contributed by atoms with Gasteiger partial charge in [0.1, 0.15) is 5.82 Å². The summed E-state index contributed by atoms with van der Waals surface area (Å²) in [5, 5.41) is 0. The van der Waals surface area contributed by atoms with E-state index in [1.807, 2.05) is 6.92 Å². The Kier molecular flexibility index (Phi) is 1.68. The first-order valence-corrected chi connectivity index (χ1v) is 4.50. The molecule has 2 rings (SSSR count). The lowest BCUT2D eigenvalue weighted by Gasteiger charge is -2.22. The zero-order valence-electron chi connectivity index (χ0n) is 7.67. The van der Waals surface area contributed by atoms with Crippen LogP contribution in [0.25, 0.3) is 0 Å². The summed E-state index contributed by atoms with van der Waals surface area (Å²) in [7, 11) is 0. The maximum absolute atomic E-state index is 5.98. The zero-order chi connectivity index (χ0) is 8.72. The number of hydrogen-bond acceptors (Lipinski definition) is 2. The third kappa shape index (κ3) is 0.966. The Bertz CT molecular complexity index is 301. The molecule has 2 N–H and O–H groups in total. The van der Waals surface area contributed by atoms with E-state index in [-0.39, 0.29) is 6.17 Å². The molecular weight excluding hydrogens is 150 g/mol. The van der Waals surface area contributed by atoms with Crippen molar-refractivity contribution in [1.82, 2.24) is 9.55 Å². The standard InChI is InChI=1S/C9H15N3/c1-6-7(2)12-8(10)4-3-5-9(12)11-6/h8H,3-5,10H2,1-2H3. The lowest BCUT2D eigenvalue weighted by atomic mass is 10.1. The molecule has 0 aliphatic carbocycles. The smallest absolute Gasteiger partial charge is 0.110 e. The Balaban J connectivity index is 2.54. The minimum absolute atomic E-state index is 0.162. The van der Waals surface area contributed by atoms with Gasteiger partial charge in [0.15, 0.2) is 0 Å². The van der Waals surface area contributed by atoms with Gasteiger partial charge in [-0.1, -0.05) is 0 Å². The van der Waals surface area contributed by atoms with Gasteiger partial charge in [-0.2, -0.15) is 0 Å². The zero-order valence-corrected chi connectivity index (χ0v) is 7.67. The van der Waals surface area contributed by atoms with E-state index in [0.717, 1.165) is 18.5 Å². The first-order valence-electron chi connectivity index (χ1n) is 4.50. The Morgan fingerprint density at radius 2 is 2.25 bits per heavy atom. The molecule has 2 heterocycles. The average molecular weight is 165 g/mol. The number of aromatic nitrogens is 2. The van der Waals surface area contributed by atoms with E-state index in [9.17, 15) is 0 Å². The van der Waals surface area contributed by atoms with Gasteiger partial charge in [-0.15, -0.1) is 0 Å². The van der Waals surface area contributed by atoms with Crippen LogP contribution in [0.5, 0.6) is 0 Å². The van der Waals surface area contributed by atoms with Crippen LogP contribution < -0.4 is 5.73 Å². The number of imidazole rings is 1. The van der Waals surface area contributed by atoms with E-state index in [4.69, 9.17) is 5.73 Å². The Morgan fingerprint density at radius 3 is 2.92 bits per heavy atom. The van der Waals surface area contributed by atoms with Crippen LogP contribution in [0.3, 0.4) is 0 Å². The predicted octanol–water partition coefficient (Wildman–Crippen LogP) is 1.29. The van der Waals surface area contributed by atoms with E-state index in [1.54, 1.807) is 0 Å². The van der Waals surface area contributed by atoms with Crippen LogP contribution in [0.15, 0.2) is 0 Å². The summed E-state index contributed by atoms with van der Waals surface area (Å²) >= 11 is 0. The number of fused-ring (bicyclic) bond motifs is 1. The van der Waals surface area contributed by atoms with Crippen molar-refractivity contribution in [3.05, 3.63) is 17.2 Å². The van der Waals surface area contributed by atoms with Crippen molar-refractivity contribution in [3.8, 4) is 0 Å². The van der Waals surface area contributed by atoms with Crippen molar-refractivity contribution in [3.63, 3.8) is 0 Å². The Labute approximate surface area is 72.6 Å². The molecule has 1 aromatic heterocycles. The van der Waals surface area contributed by atoms with E-state index >= 15 is 0 Å². The first-order chi connectivity index (χ1) is 5.70. The molecule has 0 aromatic carbocycles. The normalized spacial score (nSPS) is 22.4. The van der Waals surface area contributed by atoms with Gasteiger partial charge in [0.25, 0.3) is 0 Å². The van der Waals surface area contributed by atoms with Gasteiger partial charge in [-0.3, -0.25) is 0 Å². The molecule has 3 heteroatoms. The van der Waals surface area contributed by atoms with Crippen molar-refractivity contribution in [2.45, 2.75) is 39.3 Å². The highest BCUT2D eigenvalue weighted by Gasteiger charge is 2.20. The molecule has 12 heavy (non-hydrogen) atoms. The number of hydrogen-bond donors (Lipinski definition) is 1. The number of nitrogens with zero attached hydrogens (tertiary/aromatic N) is 2. The summed E-state index contributed by atoms with van der Waals surface area (Å²) in [6.45, 7) is 4.14. The van der Waals surface area contributed by atoms with Gasteiger partial charge in [0.2, 0.25) is 0 Å². The minimum atomic E-state index is 0.162. The first kappa shape index (κ1) is 7.80. The van der Waals surface area contributed by atoms with Crippen molar-refractivity contribution < 1.29 is 0 Å². The molecule has 1 atom stereocenters. The van der Waals surface area contributed by atoms with E-state index in [0.29, 0.717) is 0 Å². The predicted molar refractivity (Wildman–Crippen MR) is 47.9 cm³/mol. The van der Waals surface area contributed by atoms with E-state index in [1.165, 1.54) is 17.9 Å². The molecule has 1 aliphatic heterocycles. The van der Waals surface area contributed by atoms with Crippen LogP contribution in [0.1, 0.15) is 36.2 Å². The molecule has 1 unspecified atom stereocenters. The molecule has 1 aliphatic rings. The third-order valence-corrected chi connectivity index (χ3v) is 2.69. The van der Waals surface area contributed by atoms with Gasteiger partial charge in [0.05, 0.1) is 11.9 Å². The molecule has 0 radical (unpaired) electrons. The maximum Gasteiger partial charge on any atom is 0.110 e. The second-order valence-corrected chi connectivity index (χ2v) is 3.53. The van der Waals surface area contributed by atoms with E-state index in [2.05, 4.69) is 16.5 Å². The summed E-state index contributed by atoms with van der Waals surface area (Å²) in [5.41, 5.74) is 8.34. The third-order valence-electron chi connectivity index (χ3n) is 2.69. The number of aryl methyl sites for hydroxylation is 2. The van der Waals surface area contributed by atoms with Crippen LogP contribution in [0.2, 0.25) is 0 Å². The molecule has 0 spiro atoms. The molecule has 0 saturated carbocycles. The fraction of sp³-hybridized carbons (Fsp3) is 0.667. The lowest BCUT2D eigenvalue weighted by molar-refractivity contribution is 0.402. The highest BCUT2D eigenvalue weighted by Crippen LogP contribution is 2.23. The number of rotatable bonds is 0. The molecule has 0 fully saturated rings. The van der Waals surface area contributed by atoms with Gasteiger partial charge in [-0.05, 0) is 26.7 Å². The van der Waals surface area contributed by atoms with Crippen molar-refractivity contribution in [2.75, 3.05) is 0 Å². The molecule has 66 valence electrons. The summed E-state index contributed by atoms with van der Waals surface area (Å²) in [6, 6.07) is 0. The molecule has 1 aromatic rings. The van der Waals surface area contributed by atoms with Gasteiger partial charge < -0.3 is 10.3 Å². The minimum Gasteiger partial charge on any atom is -0.316 e. The summed E-state index contributed by atoms with van der Waals surface area (Å²) in [5.74, 6) is 1.17. The maximum atomic E-state index is 5.98. The number of nitrogens with two attached hydrogens (primary N) is 1. The molecule has 0 bridgehead atoms. The highest BCUT2D eigenvalue weighted by molar-refractivity contribution is 5.16. The van der Waals surface area contributed by atoms with Crippen molar-refractivity contribution in [1.29, 1.82) is 0 Å². The van der Waals surface area contributed by atoms with Crippen LogP contribution in [0.4, 0.5) is 0 Å². The van der Waals surface area contributed by atoms with Gasteiger partial charge in [0, 0.05) is 12.1 Å².